The van der Waals surface area contributed by atoms with Gasteiger partial charge in [0, 0.05) is 45.8 Å². The number of nitrogens with zero attached hydrogens (tertiary/aromatic N) is 1. The van der Waals surface area contributed by atoms with Crippen molar-refractivity contribution in [3.63, 3.8) is 0 Å². The molecule has 2 aliphatic heterocycles. The van der Waals surface area contributed by atoms with Crippen LogP contribution in [0.15, 0.2) is 0 Å². The van der Waals surface area contributed by atoms with E-state index in [2.05, 4.69) is 10.2 Å². The van der Waals surface area contributed by atoms with Gasteiger partial charge in [0.15, 0.2) is 5.60 Å². The number of ether oxygens (including phenoxy) is 2. The van der Waals surface area contributed by atoms with Gasteiger partial charge in [-0.1, -0.05) is 0 Å². The Hall–Kier alpha value is -0.650. The van der Waals surface area contributed by atoms with Crippen molar-refractivity contribution in [1.29, 1.82) is 0 Å². The second-order valence-electron chi connectivity index (χ2n) is 6.73. The topological polar surface area (TPSA) is 50.8 Å². The van der Waals surface area contributed by atoms with Gasteiger partial charge in [0.05, 0.1) is 0 Å². The predicted molar refractivity (Wildman–Crippen MR) is 80.1 cm³/mol. The molecular weight excluding hydrogens is 268 g/mol. The molecule has 0 aromatic heterocycles. The first-order valence-electron chi connectivity index (χ1n) is 8.39. The van der Waals surface area contributed by atoms with E-state index >= 15 is 0 Å². The maximum Gasteiger partial charge on any atom is 0.252 e. The Morgan fingerprint density at radius 3 is 2.48 bits per heavy atom. The van der Waals surface area contributed by atoms with Gasteiger partial charge >= 0.3 is 0 Å². The summed E-state index contributed by atoms with van der Waals surface area (Å²) in [6, 6.07) is 0.875. The van der Waals surface area contributed by atoms with Gasteiger partial charge < -0.3 is 19.7 Å². The van der Waals surface area contributed by atoms with Crippen molar-refractivity contribution in [2.24, 2.45) is 5.92 Å². The average molecular weight is 296 g/mol. The molecule has 2 saturated heterocycles. The maximum absolute atomic E-state index is 12.5. The summed E-state index contributed by atoms with van der Waals surface area (Å²) in [6.07, 6.45) is 6.52. The highest BCUT2D eigenvalue weighted by Gasteiger charge is 2.40. The molecule has 0 bridgehead atoms. The predicted octanol–water partition coefficient (Wildman–Crippen LogP) is 1.17. The van der Waals surface area contributed by atoms with Crippen LogP contribution < -0.4 is 5.32 Å². The third kappa shape index (κ3) is 3.58. The zero-order valence-electron chi connectivity index (χ0n) is 13.1. The van der Waals surface area contributed by atoms with Crippen molar-refractivity contribution in [3.05, 3.63) is 0 Å². The Bertz CT molecular complexity index is 357. The highest BCUT2D eigenvalue weighted by Crippen LogP contribution is 2.31. The summed E-state index contributed by atoms with van der Waals surface area (Å²) in [7, 11) is 1.64. The lowest BCUT2D eigenvalue weighted by Crippen LogP contribution is -2.53. The van der Waals surface area contributed by atoms with Crippen LogP contribution in [0.2, 0.25) is 0 Å². The van der Waals surface area contributed by atoms with E-state index < -0.39 is 5.60 Å². The van der Waals surface area contributed by atoms with Crippen molar-refractivity contribution in [2.75, 3.05) is 40.0 Å². The molecule has 120 valence electrons. The van der Waals surface area contributed by atoms with Crippen molar-refractivity contribution in [1.82, 2.24) is 10.2 Å². The molecule has 0 aromatic carbocycles. The van der Waals surface area contributed by atoms with Crippen molar-refractivity contribution >= 4 is 5.91 Å². The molecule has 0 atom stereocenters. The normalized spacial score (nSPS) is 27.5. The Morgan fingerprint density at radius 1 is 1.24 bits per heavy atom. The molecule has 5 nitrogen and oxygen atoms in total. The molecular formula is C16H28N2O3. The van der Waals surface area contributed by atoms with Gasteiger partial charge in [-0.3, -0.25) is 4.79 Å². The van der Waals surface area contributed by atoms with Gasteiger partial charge in [-0.05, 0) is 44.7 Å². The number of rotatable bonds is 5. The number of carbonyl (C=O) groups is 1. The number of piperidine rings is 1. The van der Waals surface area contributed by atoms with E-state index in [0.29, 0.717) is 32.0 Å². The van der Waals surface area contributed by atoms with E-state index in [4.69, 9.17) is 9.47 Å². The van der Waals surface area contributed by atoms with E-state index in [1.54, 1.807) is 7.11 Å². The second-order valence-corrected chi connectivity index (χ2v) is 6.73. The van der Waals surface area contributed by atoms with E-state index in [9.17, 15) is 4.79 Å². The van der Waals surface area contributed by atoms with E-state index in [-0.39, 0.29) is 5.91 Å². The zero-order valence-corrected chi connectivity index (χ0v) is 13.1. The minimum Gasteiger partial charge on any atom is -0.381 e. The number of nitrogens with one attached hydrogen (secondary N) is 1. The monoisotopic (exact) mass is 296 g/mol. The summed E-state index contributed by atoms with van der Waals surface area (Å²) in [5, 5.41) is 3.14. The number of hydrogen-bond donors (Lipinski definition) is 1. The first-order chi connectivity index (χ1) is 10.2. The van der Waals surface area contributed by atoms with E-state index in [1.165, 1.54) is 38.8 Å². The van der Waals surface area contributed by atoms with Crippen LogP contribution >= 0.6 is 0 Å². The molecule has 0 aromatic rings. The number of carbonyl (C=O) groups excluding carboxylic acids is 1. The molecule has 0 spiro atoms. The lowest BCUT2D eigenvalue weighted by atomic mass is 9.92. The minimum absolute atomic E-state index is 0.0536. The molecule has 3 fully saturated rings. The van der Waals surface area contributed by atoms with Crippen molar-refractivity contribution in [3.8, 4) is 0 Å². The molecule has 3 rings (SSSR count). The zero-order chi connectivity index (χ0) is 14.7. The summed E-state index contributed by atoms with van der Waals surface area (Å²) in [4.78, 5) is 15.1. The SMILES string of the molecule is COC1(C(=O)NCC2CCN(C3CC3)CC2)CCOCC1. The number of methoxy groups -OCH3 is 1. The second kappa shape index (κ2) is 6.63. The standard InChI is InChI=1S/C16H28N2O3/c1-20-16(6-10-21-11-7-16)15(19)17-12-13-4-8-18(9-5-13)14-2-3-14/h13-14H,2-12H2,1H3,(H,17,19). The molecule has 3 aliphatic rings. The summed E-state index contributed by atoms with van der Waals surface area (Å²) < 4.78 is 10.9. The smallest absolute Gasteiger partial charge is 0.252 e. The molecule has 2 heterocycles. The lowest BCUT2D eigenvalue weighted by molar-refractivity contribution is -0.155. The molecule has 1 aliphatic carbocycles. The molecule has 1 amide bonds. The van der Waals surface area contributed by atoms with Crippen LogP contribution in [0.3, 0.4) is 0 Å². The van der Waals surface area contributed by atoms with Gasteiger partial charge in [0.2, 0.25) is 0 Å². The molecule has 21 heavy (non-hydrogen) atoms. The van der Waals surface area contributed by atoms with Crippen LogP contribution in [0.5, 0.6) is 0 Å². The Kier molecular flexibility index (Phi) is 4.82. The number of likely N-dealkylation sites (tertiary alicyclic amines) is 1. The highest BCUT2D eigenvalue weighted by atomic mass is 16.5. The molecule has 1 N–H and O–H groups in total. The van der Waals surface area contributed by atoms with E-state index in [0.717, 1.165) is 12.6 Å². The average Bonchev–Trinajstić information content (AvgIpc) is 3.38. The van der Waals surface area contributed by atoms with Crippen molar-refractivity contribution in [2.45, 2.75) is 50.2 Å². The fourth-order valence-electron chi connectivity index (χ4n) is 3.59. The number of amides is 1. The van der Waals surface area contributed by atoms with E-state index in [1.807, 2.05) is 0 Å². The molecule has 0 radical (unpaired) electrons. The van der Waals surface area contributed by atoms with Gasteiger partial charge in [-0.2, -0.15) is 0 Å². The third-order valence-corrected chi connectivity index (χ3v) is 5.37. The van der Waals surface area contributed by atoms with Crippen LogP contribution in [0.4, 0.5) is 0 Å². The van der Waals surface area contributed by atoms with Gasteiger partial charge in [-0.15, -0.1) is 0 Å². The maximum atomic E-state index is 12.5. The fraction of sp³-hybridized carbons (Fsp3) is 0.938. The van der Waals surface area contributed by atoms with Crippen LogP contribution in [0.25, 0.3) is 0 Å². The molecule has 5 heteroatoms. The van der Waals surface area contributed by atoms with Crippen LogP contribution in [0, 0.1) is 5.92 Å². The largest absolute Gasteiger partial charge is 0.381 e. The fourth-order valence-corrected chi connectivity index (χ4v) is 3.59. The van der Waals surface area contributed by atoms with Crippen LogP contribution in [-0.4, -0.2) is 62.4 Å². The van der Waals surface area contributed by atoms with Gasteiger partial charge in [0.1, 0.15) is 0 Å². The quantitative estimate of drug-likeness (QED) is 0.827. The summed E-state index contributed by atoms with van der Waals surface area (Å²) in [5.41, 5.74) is -0.660. The Balaban J connectivity index is 1.42. The molecule has 0 unspecified atom stereocenters. The molecule has 1 saturated carbocycles. The first-order valence-corrected chi connectivity index (χ1v) is 8.39. The summed E-state index contributed by atoms with van der Waals surface area (Å²) in [6.45, 7) is 4.42. The Labute approximate surface area is 127 Å². The Morgan fingerprint density at radius 2 is 1.90 bits per heavy atom. The number of hydrogen-bond acceptors (Lipinski definition) is 4. The van der Waals surface area contributed by atoms with Gasteiger partial charge in [-0.25, -0.2) is 0 Å². The summed E-state index contributed by atoms with van der Waals surface area (Å²) in [5.74, 6) is 0.676. The highest BCUT2D eigenvalue weighted by molar-refractivity contribution is 5.85. The van der Waals surface area contributed by atoms with Crippen molar-refractivity contribution < 1.29 is 14.3 Å². The first kappa shape index (κ1) is 15.3. The van der Waals surface area contributed by atoms with Gasteiger partial charge in [0.25, 0.3) is 5.91 Å². The van der Waals surface area contributed by atoms with Crippen LogP contribution in [0.1, 0.15) is 38.5 Å². The van der Waals surface area contributed by atoms with Crippen LogP contribution in [-0.2, 0) is 14.3 Å². The lowest BCUT2D eigenvalue weighted by Gasteiger charge is -2.36. The minimum atomic E-state index is -0.660. The third-order valence-electron chi connectivity index (χ3n) is 5.37. The summed E-state index contributed by atoms with van der Waals surface area (Å²) >= 11 is 0.